The van der Waals surface area contributed by atoms with E-state index in [1.807, 2.05) is 0 Å². The summed E-state index contributed by atoms with van der Waals surface area (Å²) in [5.41, 5.74) is 0. The van der Waals surface area contributed by atoms with Crippen LogP contribution in [0, 0.1) is 22.7 Å². The molecule has 0 spiro atoms. The number of nitriles is 2. The molecule has 0 aromatic carbocycles. The van der Waals surface area contributed by atoms with Gasteiger partial charge in [-0.3, -0.25) is 0 Å². The van der Waals surface area contributed by atoms with Crippen LogP contribution in [0.2, 0.25) is 0 Å². The van der Waals surface area contributed by atoms with Gasteiger partial charge >= 0.3 is 27.3 Å². The Morgan fingerprint density at radius 3 is 1.20 bits per heavy atom. The van der Waals surface area contributed by atoms with Crippen molar-refractivity contribution >= 4 is 27.3 Å². The minimum absolute atomic E-state index is 0. The normalized spacial score (nSPS) is 2.00. The van der Waals surface area contributed by atoms with Crippen molar-refractivity contribution < 1.29 is 0 Å². The van der Waals surface area contributed by atoms with E-state index in [2.05, 4.69) is 0 Å². The third kappa shape index (κ3) is 17.3. The fourth-order valence-corrected chi connectivity index (χ4v) is 0. The summed E-state index contributed by atoms with van der Waals surface area (Å²) in [7, 11) is 0. The van der Waals surface area contributed by atoms with E-state index in [9.17, 15) is 0 Å². The molecule has 0 heterocycles. The van der Waals surface area contributed by atoms with Gasteiger partial charge in [-0.15, -0.1) is 0 Å². The number of hydrogen-bond donors (Lipinski definition) is 0. The topological polar surface area (TPSA) is 47.6 Å². The summed E-state index contributed by atoms with van der Waals surface area (Å²) in [6.07, 6.45) is 0. The van der Waals surface area contributed by atoms with Crippen LogP contribution >= 0.6 is 0 Å². The van der Waals surface area contributed by atoms with Gasteiger partial charge in [0, 0.05) is 0 Å². The van der Waals surface area contributed by atoms with Gasteiger partial charge in [-0.2, -0.15) is 10.5 Å². The average Bonchev–Trinajstić information content (AvgIpc) is 1.37. The molecule has 0 saturated carbocycles. The predicted octanol–water partition coefficient (Wildman–Crippen LogP) is -0.883. The number of rotatable bonds is 0. The SMILES string of the molecule is N#CC#N.[PbH2]. The van der Waals surface area contributed by atoms with Crippen LogP contribution in [0.15, 0.2) is 0 Å². The molecule has 0 aromatic rings. The van der Waals surface area contributed by atoms with Gasteiger partial charge in [0.1, 0.15) is 0 Å². The molecule has 5 heavy (non-hydrogen) atoms. The first-order chi connectivity index (χ1) is 1.91. The molecular weight excluding hydrogens is 259 g/mol. The molecule has 0 aliphatic rings. The molecule has 0 saturated heterocycles. The summed E-state index contributed by atoms with van der Waals surface area (Å²) in [5.74, 6) is 0. The Balaban J connectivity index is 0. The van der Waals surface area contributed by atoms with Gasteiger partial charge in [-0.05, 0) is 0 Å². The second kappa shape index (κ2) is 9.08. The van der Waals surface area contributed by atoms with E-state index >= 15 is 0 Å². The van der Waals surface area contributed by atoms with Crippen molar-refractivity contribution in [2.24, 2.45) is 0 Å². The molecule has 2 radical (unpaired) electrons. The molecule has 0 atom stereocenters. The molecular formula is C2H2N2Pb. The minimum atomic E-state index is 0. The maximum atomic E-state index is 7.26. The predicted molar refractivity (Wildman–Crippen MR) is 19.8 cm³/mol. The standard InChI is InChI=1S/C2N2.Pb.2H/c3-1-2-4;;;. The molecule has 0 aromatic heterocycles. The monoisotopic (exact) mass is 262 g/mol. The Bertz CT molecular complexity index is 62.6. The van der Waals surface area contributed by atoms with Crippen molar-refractivity contribution in [1.29, 1.82) is 10.5 Å². The molecule has 24 valence electrons. The Kier molecular flexibility index (Phi) is 16.1. The van der Waals surface area contributed by atoms with Crippen LogP contribution in [0.25, 0.3) is 0 Å². The van der Waals surface area contributed by atoms with Crippen LogP contribution in [0.5, 0.6) is 0 Å². The quantitative estimate of drug-likeness (QED) is 0.532. The van der Waals surface area contributed by atoms with Crippen LogP contribution in [-0.4, -0.2) is 27.3 Å². The van der Waals surface area contributed by atoms with Crippen molar-refractivity contribution in [2.45, 2.75) is 0 Å². The van der Waals surface area contributed by atoms with Crippen molar-refractivity contribution in [3.05, 3.63) is 0 Å². The zero-order valence-corrected chi connectivity index (χ0v) is 8.10. The second-order valence-electron chi connectivity index (χ2n) is 0.224. The Morgan fingerprint density at radius 2 is 1.20 bits per heavy atom. The fourth-order valence-electron chi connectivity index (χ4n) is 0. The van der Waals surface area contributed by atoms with E-state index in [0.717, 1.165) is 0 Å². The van der Waals surface area contributed by atoms with Gasteiger partial charge in [-0.25, -0.2) is 0 Å². The molecule has 3 heteroatoms. The van der Waals surface area contributed by atoms with Crippen molar-refractivity contribution in [3.63, 3.8) is 0 Å². The second-order valence-corrected chi connectivity index (χ2v) is 0.224. The molecule has 0 fully saturated rings. The molecule has 0 unspecified atom stereocenters. The van der Waals surface area contributed by atoms with Gasteiger partial charge in [0.25, 0.3) is 0 Å². The summed E-state index contributed by atoms with van der Waals surface area (Å²) >= 11 is 0. The maximum absolute atomic E-state index is 7.26. The van der Waals surface area contributed by atoms with E-state index in [-0.39, 0.29) is 27.3 Å². The van der Waals surface area contributed by atoms with Crippen molar-refractivity contribution in [2.75, 3.05) is 0 Å². The third-order valence-corrected chi connectivity index (χ3v) is 0.0500. The van der Waals surface area contributed by atoms with Crippen molar-refractivity contribution in [3.8, 4) is 12.1 Å². The summed E-state index contributed by atoms with van der Waals surface area (Å²) < 4.78 is 0. The molecule has 0 amide bonds. The van der Waals surface area contributed by atoms with Crippen LogP contribution in [-0.2, 0) is 0 Å². The zero-order chi connectivity index (χ0) is 3.41. The van der Waals surface area contributed by atoms with Crippen LogP contribution in [0.4, 0.5) is 0 Å². The summed E-state index contributed by atoms with van der Waals surface area (Å²) in [5, 5.41) is 14.5. The van der Waals surface area contributed by atoms with Gasteiger partial charge in [0.15, 0.2) is 12.1 Å². The van der Waals surface area contributed by atoms with Gasteiger partial charge < -0.3 is 0 Å². The fraction of sp³-hybridized carbons (Fsp3) is 0. The molecule has 2 nitrogen and oxygen atoms in total. The van der Waals surface area contributed by atoms with Crippen LogP contribution in [0.1, 0.15) is 0 Å². The first-order valence-electron chi connectivity index (χ1n) is 0.697. The van der Waals surface area contributed by atoms with Crippen LogP contribution < -0.4 is 0 Å². The summed E-state index contributed by atoms with van der Waals surface area (Å²) in [6.45, 7) is 0. The third-order valence-electron chi connectivity index (χ3n) is 0.0500. The Morgan fingerprint density at radius 1 is 1.00 bits per heavy atom. The van der Waals surface area contributed by atoms with Crippen molar-refractivity contribution in [1.82, 2.24) is 0 Å². The van der Waals surface area contributed by atoms with Crippen LogP contribution in [0.3, 0.4) is 0 Å². The Labute approximate surface area is 50.2 Å². The summed E-state index contributed by atoms with van der Waals surface area (Å²) in [4.78, 5) is 0. The number of hydrogen-bond acceptors (Lipinski definition) is 2. The molecule has 0 bridgehead atoms. The zero-order valence-electron chi connectivity index (χ0n) is 2.60. The molecule has 0 aliphatic carbocycles. The van der Waals surface area contributed by atoms with E-state index in [1.165, 1.54) is 12.1 Å². The van der Waals surface area contributed by atoms with E-state index in [4.69, 9.17) is 10.5 Å². The Hall–Kier alpha value is -0.0979. The van der Waals surface area contributed by atoms with Gasteiger partial charge in [0.2, 0.25) is 0 Å². The molecule has 0 N–H and O–H groups in total. The first-order valence-corrected chi connectivity index (χ1v) is 0.697. The average molecular weight is 261 g/mol. The van der Waals surface area contributed by atoms with E-state index in [0.29, 0.717) is 0 Å². The number of nitrogens with zero attached hydrogens (tertiary/aromatic N) is 2. The van der Waals surface area contributed by atoms with E-state index < -0.39 is 0 Å². The molecule has 0 rings (SSSR count). The first kappa shape index (κ1) is 8.86. The van der Waals surface area contributed by atoms with Gasteiger partial charge in [-0.1, -0.05) is 0 Å². The molecule has 0 aliphatic heterocycles. The summed E-state index contributed by atoms with van der Waals surface area (Å²) in [6, 6.07) is 2.47. The van der Waals surface area contributed by atoms with Gasteiger partial charge in [0.05, 0.1) is 0 Å². The van der Waals surface area contributed by atoms with E-state index in [1.54, 1.807) is 0 Å².